The first-order valence-corrected chi connectivity index (χ1v) is 14.2. The first-order chi connectivity index (χ1) is 21.4. The van der Waals surface area contributed by atoms with Crippen molar-refractivity contribution in [2.75, 3.05) is 56.7 Å². The van der Waals surface area contributed by atoms with Gasteiger partial charge in [-0.15, -0.1) is 0 Å². The topological polar surface area (TPSA) is 110 Å². The molecule has 44 heavy (non-hydrogen) atoms. The fourth-order valence-electron chi connectivity index (χ4n) is 4.65. The van der Waals surface area contributed by atoms with E-state index in [1.165, 1.54) is 12.4 Å². The summed E-state index contributed by atoms with van der Waals surface area (Å²) in [6.07, 6.45) is 3.45. The van der Waals surface area contributed by atoms with E-state index in [2.05, 4.69) is 33.2 Å². The molecule has 2 N–H and O–H groups in total. The van der Waals surface area contributed by atoms with E-state index >= 15 is 0 Å². The molecule has 0 spiro atoms. The number of amides is 1. The van der Waals surface area contributed by atoms with Gasteiger partial charge < -0.3 is 29.7 Å². The monoisotopic (exact) mass is 596 g/mol. The Kier molecular flexibility index (Phi) is 9.90. The van der Waals surface area contributed by atoms with Gasteiger partial charge in [0, 0.05) is 25.1 Å². The number of benzene rings is 3. The van der Waals surface area contributed by atoms with Crippen LogP contribution in [0, 0.1) is 0 Å². The number of ether oxygens (including phenoxy) is 3. The third-order valence-corrected chi connectivity index (χ3v) is 6.81. The van der Waals surface area contributed by atoms with Crippen molar-refractivity contribution in [3.8, 4) is 23.0 Å². The second kappa shape index (κ2) is 14.4. The minimum Gasteiger partial charge on any atom is -0.494 e. The number of nitrogens with zero attached hydrogens (tertiary/aromatic N) is 4. The van der Waals surface area contributed by atoms with Crippen molar-refractivity contribution < 1.29 is 23.8 Å². The lowest BCUT2D eigenvalue weighted by molar-refractivity contribution is -0.111. The maximum Gasteiger partial charge on any atom is 0.247 e. The lowest BCUT2D eigenvalue weighted by Gasteiger charge is -2.24. The molecule has 1 saturated heterocycles. The first kappa shape index (κ1) is 30.3. The van der Waals surface area contributed by atoms with Crippen LogP contribution in [0.15, 0.2) is 91.8 Å². The van der Waals surface area contributed by atoms with Crippen molar-refractivity contribution >= 4 is 28.9 Å². The molecule has 1 unspecified atom stereocenters. The molecule has 3 aromatic carbocycles. The molecule has 11 nitrogen and oxygen atoms in total. The van der Waals surface area contributed by atoms with Crippen molar-refractivity contribution in [1.29, 1.82) is 0 Å². The number of anilines is 4. The highest BCUT2D eigenvalue weighted by atomic mass is 16.7. The maximum absolute atomic E-state index is 12.2. The fraction of sp³-hybridized carbons (Fsp3) is 0.242. The number of carbonyl (C=O) groups excluding carboxylic acids is 1. The van der Waals surface area contributed by atoms with E-state index in [4.69, 9.17) is 19.0 Å². The molecule has 1 aliphatic rings. The highest BCUT2D eigenvalue weighted by Crippen LogP contribution is 2.39. The summed E-state index contributed by atoms with van der Waals surface area (Å²) in [4.78, 5) is 29.2. The molecule has 1 aliphatic heterocycles. The molecular weight excluding hydrogens is 560 g/mol. The van der Waals surface area contributed by atoms with Crippen molar-refractivity contribution in [3.05, 3.63) is 97.3 Å². The Morgan fingerprint density at radius 2 is 1.86 bits per heavy atom. The minimum absolute atomic E-state index is 0.0778. The quantitative estimate of drug-likeness (QED) is 0.179. The summed E-state index contributed by atoms with van der Waals surface area (Å²) in [6, 6.07) is 22.8. The molecule has 2 heterocycles. The van der Waals surface area contributed by atoms with Crippen LogP contribution < -0.4 is 29.9 Å². The Balaban J connectivity index is 1.37. The van der Waals surface area contributed by atoms with E-state index in [9.17, 15) is 4.79 Å². The van der Waals surface area contributed by atoms with Gasteiger partial charge in [-0.2, -0.15) is 0 Å². The summed E-state index contributed by atoms with van der Waals surface area (Å²) in [6.45, 7) is 5.22. The van der Waals surface area contributed by atoms with Gasteiger partial charge in [0.15, 0.2) is 5.82 Å². The van der Waals surface area contributed by atoms with Crippen LogP contribution in [0.25, 0.3) is 0 Å². The lowest BCUT2D eigenvalue weighted by atomic mass is 10.0. The van der Waals surface area contributed by atoms with Crippen LogP contribution in [0.2, 0.25) is 0 Å². The number of methoxy groups -OCH3 is 1. The summed E-state index contributed by atoms with van der Waals surface area (Å²) >= 11 is 0. The zero-order valence-corrected chi connectivity index (χ0v) is 25.0. The molecule has 0 aliphatic carbocycles. The number of likely N-dealkylation sites (N-methyl/N-ethyl adjacent to an activating group) is 1. The SMILES string of the molecule is C=CC(=O)Nc1cc(Nc2cc(N3OCCC3c3cccc(Oc4ccccc4)c3)ncn2)c(OC)cc1OCCN(C)C. The molecule has 11 heteroatoms. The van der Waals surface area contributed by atoms with Crippen molar-refractivity contribution in [1.82, 2.24) is 14.9 Å². The van der Waals surface area contributed by atoms with Crippen LogP contribution >= 0.6 is 0 Å². The number of nitrogens with one attached hydrogen (secondary N) is 2. The molecule has 0 saturated carbocycles. The normalized spacial score (nSPS) is 14.3. The molecule has 0 bridgehead atoms. The van der Waals surface area contributed by atoms with E-state index in [-0.39, 0.29) is 11.9 Å². The molecule has 1 amide bonds. The van der Waals surface area contributed by atoms with Gasteiger partial charge in [-0.25, -0.2) is 15.0 Å². The fourth-order valence-corrected chi connectivity index (χ4v) is 4.65. The molecule has 228 valence electrons. The van der Waals surface area contributed by atoms with Crippen LogP contribution in [-0.4, -0.2) is 61.7 Å². The zero-order valence-electron chi connectivity index (χ0n) is 25.0. The zero-order chi connectivity index (χ0) is 30.9. The number of rotatable bonds is 13. The van der Waals surface area contributed by atoms with Gasteiger partial charge in [-0.3, -0.25) is 9.63 Å². The van der Waals surface area contributed by atoms with Crippen molar-refractivity contribution in [2.24, 2.45) is 0 Å². The number of hydrogen-bond acceptors (Lipinski definition) is 10. The van der Waals surface area contributed by atoms with Gasteiger partial charge in [0.1, 0.15) is 41.8 Å². The van der Waals surface area contributed by atoms with Gasteiger partial charge >= 0.3 is 0 Å². The van der Waals surface area contributed by atoms with Crippen LogP contribution in [0.5, 0.6) is 23.0 Å². The molecule has 1 aromatic heterocycles. The summed E-state index contributed by atoms with van der Waals surface area (Å²) in [5, 5.41) is 7.90. The van der Waals surface area contributed by atoms with Crippen LogP contribution in [0.4, 0.5) is 23.0 Å². The van der Waals surface area contributed by atoms with Gasteiger partial charge in [0.25, 0.3) is 0 Å². The summed E-state index contributed by atoms with van der Waals surface area (Å²) in [5.41, 5.74) is 2.08. The number of aromatic nitrogens is 2. The van der Waals surface area contributed by atoms with Gasteiger partial charge in [-0.1, -0.05) is 36.9 Å². The van der Waals surface area contributed by atoms with E-state index in [0.717, 1.165) is 23.5 Å². The standard InChI is InChI=1S/C33H36N6O5/c1-5-33(40)37-27-19-26(29(41-4)20-30(27)42-17-15-38(2)3)36-31-21-32(35-22-34-31)39-28(14-16-43-39)23-10-9-13-25(18-23)44-24-11-7-6-8-12-24/h5-13,18-22,28H,1,14-17H2,2-4H3,(H,37,40)(H,34,35,36). The molecule has 5 rings (SSSR count). The predicted molar refractivity (Wildman–Crippen MR) is 170 cm³/mol. The Morgan fingerprint density at radius 3 is 2.64 bits per heavy atom. The Bertz CT molecular complexity index is 1580. The molecule has 1 atom stereocenters. The van der Waals surface area contributed by atoms with Crippen molar-refractivity contribution in [2.45, 2.75) is 12.5 Å². The van der Waals surface area contributed by atoms with Gasteiger partial charge in [0.2, 0.25) is 5.91 Å². The molecule has 0 radical (unpaired) electrons. The third kappa shape index (κ3) is 7.63. The first-order valence-electron chi connectivity index (χ1n) is 14.2. The molecule has 1 fully saturated rings. The number of hydroxylamine groups is 1. The molecule has 4 aromatic rings. The Labute approximate surface area is 257 Å². The van der Waals surface area contributed by atoms with Gasteiger partial charge in [0.05, 0.1) is 31.1 Å². The second-order valence-electron chi connectivity index (χ2n) is 10.2. The number of para-hydroxylation sites is 1. The van der Waals surface area contributed by atoms with Crippen LogP contribution in [0.3, 0.4) is 0 Å². The summed E-state index contributed by atoms with van der Waals surface area (Å²) in [7, 11) is 5.48. The Hall–Kier alpha value is -5.13. The summed E-state index contributed by atoms with van der Waals surface area (Å²) < 4.78 is 17.7. The van der Waals surface area contributed by atoms with E-state index in [0.29, 0.717) is 54.3 Å². The van der Waals surface area contributed by atoms with E-state index < -0.39 is 0 Å². The van der Waals surface area contributed by atoms with E-state index in [1.54, 1.807) is 30.4 Å². The Morgan fingerprint density at radius 1 is 1.05 bits per heavy atom. The number of carbonyl (C=O) groups is 1. The highest BCUT2D eigenvalue weighted by Gasteiger charge is 2.29. The highest BCUT2D eigenvalue weighted by molar-refractivity contribution is 6.00. The minimum atomic E-state index is -0.363. The predicted octanol–water partition coefficient (Wildman–Crippen LogP) is 5.97. The second-order valence-corrected chi connectivity index (χ2v) is 10.2. The largest absolute Gasteiger partial charge is 0.494 e. The summed E-state index contributed by atoms with van der Waals surface area (Å²) in [5.74, 6) is 3.22. The third-order valence-electron chi connectivity index (χ3n) is 6.81. The smallest absolute Gasteiger partial charge is 0.247 e. The van der Waals surface area contributed by atoms with Crippen LogP contribution in [-0.2, 0) is 9.63 Å². The lowest BCUT2D eigenvalue weighted by Crippen LogP contribution is -2.22. The number of hydrogen-bond donors (Lipinski definition) is 2. The molecular formula is C33H36N6O5. The van der Waals surface area contributed by atoms with E-state index in [1.807, 2.05) is 67.5 Å². The van der Waals surface area contributed by atoms with Crippen LogP contribution in [0.1, 0.15) is 18.0 Å². The van der Waals surface area contributed by atoms with Crippen molar-refractivity contribution in [3.63, 3.8) is 0 Å². The maximum atomic E-state index is 12.2. The van der Waals surface area contributed by atoms with Gasteiger partial charge in [-0.05, 0) is 56.1 Å². The average Bonchev–Trinajstić information content (AvgIpc) is 3.53. The average molecular weight is 597 g/mol.